The second-order valence-corrected chi connectivity index (χ2v) is 5.57. The van der Waals surface area contributed by atoms with Gasteiger partial charge in [-0.25, -0.2) is 0 Å². The molecular formula is C16H15ClN2S. The van der Waals surface area contributed by atoms with Crippen LogP contribution in [0.4, 0.5) is 0 Å². The Labute approximate surface area is 128 Å². The van der Waals surface area contributed by atoms with E-state index < -0.39 is 0 Å². The third-order valence-electron chi connectivity index (χ3n) is 3.57. The van der Waals surface area contributed by atoms with E-state index in [4.69, 9.17) is 23.8 Å². The lowest BCUT2D eigenvalue weighted by atomic mass is 10.1. The molecule has 2 nitrogen and oxygen atoms in total. The van der Waals surface area contributed by atoms with Crippen LogP contribution in [0.1, 0.15) is 18.1 Å². The van der Waals surface area contributed by atoms with Crippen molar-refractivity contribution in [3.63, 3.8) is 0 Å². The number of aromatic amines is 1. The summed E-state index contributed by atoms with van der Waals surface area (Å²) in [7, 11) is 0. The second kappa shape index (κ2) is 5.43. The number of hydrogen-bond acceptors (Lipinski definition) is 1. The molecule has 0 aliphatic rings. The average molecular weight is 303 g/mol. The minimum atomic E-state index is 0.707. The number of aromatic nitrogens is 2. The van der Waals surface area contributed by atoms with Gasteiger partial charge in [-0.15, -0.1) is 0 Å². The van der Waals surface area contributed by atoms with Crippen molar-refractivity contribution in [1.82, 2.24) is 9.55 Å². The zero-order valence-corrected chi connectivity index (χ0v) is 12.8. The van der Waals surface area contributed by atoms with Gasteiger partial charge in [0.25, 0.3) is 0 Å². The van der Waals surface area contributed by atoms with Crippen LogP contribution in [0.5, 0.6) is 0 Å². The summed E-state index contributed by atoms with van der Waals surface area (Å²) in [6.45, 7) is 2.91. The summed E-state index contributed by atoms with van der Waals surface area (Å²) >= 11 is 11.8. The van der Waals surface area contributed by atoms with Gasteiger partial charge in [0.15, 0.2) is 4.77 Å². The van der Waals surface area contributed by atoms with Gasteiger partial charge in [-0.3, -0.25) is 0 Å². The largest absolute Gasteiger partial charge is 0.331 e. The van der Waals surface area contributed by atoms with Crippen molar-refractivity contribution in [2.24, 2.45) is 0 Å². The van der Waals surface area contributed by atoms with Gasteiger partial charge in [-0.1, -0.05) is 48.9 Å². The van der Waals surface area contributed by atoms with E-state index in [0.717, 1.165) is 29.0 Å². The van der Waals surface area contributed by atoms with Crippen LogP contribution in [0.15, 0.2) is 42.5 Å². The molecule has 0 unspecified atom stereocenters. The number of para-hydroxylation sites is 1. The maximum Gasteiger partial charge on any atom is 0.178 e. The Kier molecular flexibility index (Phi) is 3.64. The van der Waals surface area contributed by atoms with E-state index in [2.05, 4.69) is 40.7 Å². The molecule has 20 heavy (non-hydrogen) atoms. The molecule has 1 heterocycles. The number of fused-ring (bicyclic) bond motifs is 1. The van der Waals surface area contributed by atoms with Gasteiger partial charge < -0.3 is 9.55 Å². The number of rotatable bonds is 3. The van der Waals surface area contributed by atoms with Gasteiger partial charge >= 0.3 is 0 Å². The van der Waals surface area contributed by atoms with Crippen LogP contribution in [-0.2, 0) is 13.0 Å². The third-order valence-corrected chi connectivity index (χ3v) is 4.20. The first-order valence-corrected chi connectivity index (χ1v) is 7.43. The van der Waals surface area contributed by atoms with Gasteiger partial charge in [0.05, 0.1) is 22.6 Å². The fourth-order valence-electron chi connectivity index (χ4n) is 2.55. The van der Waals surface area contributed by atoms with Crippen molar-refractivity contribution in [2.45, 2.75) is 19.9 Å². The van der Waals surface area contributed by atoms with Crippen LogP contribution >= 0.6 is 23.8 Å². The maximum absolute atomic E-state index is 6.33. The molecule has 3 rings (SSSR count). The number of H-pyrrole nitrogens is 1. The maximum atomic E-state index is 6.33. The quantitative estimate of drug-likeness (QED) is 0.678. The predicted molar refractivity (Wildman–Crippen MR) is 87.1 cm³/mol. The second-order valence-electron chi connectivity index (χ2n) is 4.77. The lowest BCUT2D eigenvalue weighted by Crippen LogP contribution is -2.03. The molecule has 0 saturated heterocycles. The number of nitrogens with one attached hydrogen (secondary N) is 1. The molecule has 1 aromatic heterocycles. The summed E-state index contributed by atoms with van der Waals surface area (Å²) in [4.78, 5) is 3.22. The summed E-state index contributed by atoms with van der Waals surface area (Å²) in [6.07, 6.45) is 1.01. The molecule has 0 atom stereocenters. The molecule has 4 heteroatoms. The van der Waals surface area contributed by atoms with Crippen molar-refractivity contribution in [1.29, 1.82) is 0 Å². The van der Waals surface area contributed by atoms with Crippen molar-refractivity contribution in [2.75, 3.05) is 0 Å². The Balaban J connectivity index is 2.16. The normalized spacial score (nSPS) is 11.1. The molecule has 0 spiro atoms. The molecule has 102 valence electrons. The average Bonchev–Trinajstić information content (AvgIpc) is 2.77. The van der Waals surface area contributed by atoms with Crippen molar-refractivity contribution in [3.8, 4) is 0 Å². The molecule has 0 aliphatic carbocycles. The van der Waals surface area contributed by atoms with Crippen LogP contribution in [-0.4, -0.2) is 9.55 Å². The van der Waals surface area contributed by atoms with Crippen LogP contribution in [0.3, 0.4) is 0 Å². The van der Waals surface area contributed by atoms with Gasteiger partial charge in [0, 0.05) is 0 Å². The van der Waals surface area contributed by atoms with Crippen LogP contribution in [0, 0.1) is 4.77 Å². The monoisotopic (exact) mass is 302 g/mol. The number of aryl methyl sites for hydroxylation is 1. The van der Waals surface area contributed by atoms with Gasteiger partial charge in [-0.05, 0) is 41.9 Å². The zero-order chi connectivity index (χ0) is 14.1. The molecular weight excluding hydrogens is 288 g/mol. The minimum Gasteiger partial charge on any atom is -0.331 e. The van der Waals surface area contributed by atoms with E-state index in [-0.39, 0.29) is 0 Å². The van der Waals surface area contributed by atoms with Gasteiger partial charge in [0.2, 0.25) is 0 Å². The minimum absolute atomic E-state index is 0.707. The third kappa shape index (κ3) is 2.28. The standard InChI is InChI=1S/C16H15ClN2S/c1-2-11-6-3-4-7-12(11)10-19-15-13(17)8-5-9-14(15)18-16(19)20/h3-9H,2,10H2,1H3,(H,18,20). The van der Waals surface area contributed by atoms with Gasteiger partial charge in [-0.2, -0.15) is 0 Å². The Morgan fingerprint density at radius 2 is 1.85 bits per heavy atom. The van der Waals surface area contributed by atoms with Crippen molar-refractivity contribution in [3.05, 3.63) is 63.4 Å². The van der Waals surface area contributed by atoms with Crippen molar-refractivity contribution < 1.29 is 0 Å². The molecule has 0 bridgehead atoms. The van der Waals surface area contributed by atoms with Crippen LogP contribution in [0.2, 0.25) is 5.02 Å². The Hall–Kier alpha value is -1.58. The first-order valence-electron chi connectivity index (χ1n) is 6.64. The van der Waals surface area contributed by atoms with Crippen molar-refractivity contribution >= 4 is 34.9 Å². The Morgan fingerprint density at radius 1 is 1.10 bits per heavy atom. The highest BCUT2D eigenvalue weighted by Gasteiger charge is 2.09. The number of nitrogens with zero attached hydrogens (tertiary/aromatic N) is 1. The van der Waals surface area contributed by atoms with E-state index in [1.54, 1.807) is 0 Å². The predicted octanol–water partition coefficient (Wildman–Crippen LogP) is 4.96. The summed E-state index contributed by atoms with van der Waals surface area (Å²) in [5.41, 5.74) is 4.59. The van der Waals surface area contributed by atoms with E-state index in [1.807, 2.05) is 18.2 Å². The molecule has 1 N–H and O–H groups in total. The lowest BCUT2D eigenvalue weighted by Gasteiger charge is -2.10. The van der Waals surface area contributed by atoms with E-state index >= 15 is 0 Å². The van der Waals surface area contributed by atoms with Crippen LogP contribution in [0.25, 0.3) is 11.0 Å². The number of halogens is 1. The fourth-order valence-corrected chi connectivity index (χ4v) is 3.09. The first-order chi connectivity index (χ1) is 9.70. The summed E-state index contributed by atoms with van der Waals surface area (Å²) in [5, 5.41) is 0.726. The molecule has 0 amide bonds. The zero-order valence-electron chi connectivity index (χ0n) is 11.2. The Bertz CT molecular complexity index is 817. The first kappa shape index (κ1) is 13.4. The molecule has 3 aromatic rings. The number of imidazole rings is 1. The molecule has 2 aromatic carbocycles. The molecule has 0 radical (unpaired) electrons. The molecule has 0 fully saturated rings. The summed E-state index contributed by atoms with van der Waals surface area (Å²) < 4.78 is 2.78. The topological polar surface area (TPSA) is 20.7 Å². The summed E-state index contributed by atoms with van der Waals surface area (Å²) in [6, 6.07) is 14.3. The fraction of sp³-hybridized carbons (Fsp3) is 0.188. The summed E-state index contributed by atoms with van der Waals surface area (Å²) in [5.74, 6) is 0. The molecule has 0 aliphatic heterocycles. The van der Waals surface area contributed by atoms with Gasteiger partial charge in [0.1, 0.15) is 0 Å². The lowest BCUT2D eigenvalue weighted by molar-refractivity contribution is 0.799. The Morgan fingerprint density at radius 3 is 2.60 bits per heavy atom. The van der Waals surface area contributed by atoms with E-state index in [0.29, 0.717) is 4.77 Å². The highest BCUT2D eigenvalue weighted by molar-refractivity contribution is 7.71. The van der Waals surface area contributed by atoms with E-state index in [1.165, 1.54) is 11.1 Å². The molecule has 0 saturated carbocycles. The highest BCUT2D eigenvalue weighted by atomic mass is 35.5. The van der Waals surface area contributed by atoms with E-state index in [9.17, 15) is 0 Å². The number of benzene rings is 2. The van der Waals surface area contributed by atoms with Crippen LogP contribution < -0.4 is 0 Å². The smallest absolute Gasteiger partial charge is 0.178 e. The number of hydrogen-bond donors (Lipinski definition) is 1. The SMILES string of the molecule is CCc1ccccc1Cn1c(=S)[nH]c2cccc(Cl)c21. The highest BCUT2D eigenvalue weighted by Crippen LogP contribution is 2.24.